The highest BCUT2D eigenvalue weighted by Crippen LogP contribution is 2.24. The molecule has 0 bridgehead atoms. The molecule has 1 heterocycles. The fraction of sp³-hybridized carbons (Fsp3) is 0.400. The molecular weight excluding hydrogens is 292 g/mol. The number of amides is 1. The van der Waals surface area contributed by atoms with Gasteiger partial charge in [-0.2, -0.15) is 0 Å². The highest BCUT2D eigenvalue weighted by molar-refractivity contribution is 5.97. The molecule has 0 saturated heterocycles. The molecule has 2 rings (SSSR count). The fourth-order valence-electron chi connectivity index (χ4n) is 2.11. The molecule has 5 nitrogen and oxygen atoms in total. The van der Waals surface area contributed by atoms with E-state index in [1.807, 2.05) is 0 Å². The molecule has 0 spiro atoms. The summed E-state index contributed by atoms with van der Waals surface area (Å²) in [4.78, 5) is 12.2. The first-order valence-corrected chi connectivity index (χ1v) is 6.63. The lowest BCUT2D eigenvalue weighted by atomic mass is 10.1. The minimum atomic E-state index is -0.135. The molecule has 0 aliphatic carbocycles. The molecule has 1 aromatic rings. The molecule has 0 saturated carbocycles. The zero-order valence-corrected chi connectivity index (χ0v) is 13.1. The largest absolute Gasteiger partial charge is 0.497 e. The van der Waals surface area contributed by atoms with E-state index in [2.05, 4.69) is 16.7 Å². The van der Waals surface area contributed by atoms with E-state index in [1.54, 1.807) is 32.4 Å². The minimum absolute atomic E-state index is 0. The van der Waals surface area contributed by atoms with Crippen molar-refractivity contribution in [1.29, 1.82) is 0 Å². The second-order valence-electron chi connectivity index (χ2n) is 4.57. The predicted octanol–water partition coefficient (Wildman–Crippen LogP) is 1.78. The number of carbonyl (C=O) groups is 1. The third-order valence-corrected chi connectivity index (χ3v) is 3.29. The Bertz CT molecular complexity index is 518. The van der Waals surface area contributed by atoms with Crippen LogP contribution in [0.3, 0.4) is 0 Å². The van der Waals surface area contributed by atoms with Gasteiger partial charge in [-0.3, -0.25) is 4.79 Å². The Labute approximate surface area is 131 Å². The standard InChI is InChI=1S/C15H20N2O3.ClH/c1-19-12-3-4-13(14(9-12)20-2)15(18)17-10-11-5-7-16-8-6-11;/h3-5,9,16H,6-8,10H2,1-2H3,(H,17,18);1H. The van der Waals surface area contributed by atoms with Crippen molar-refractivity contribution in [2.45, 2.75) is 6.42 Å². The third kappa shape index (κ3) is 4.65. The van der Waals surface area contributed by atoms with Crippen molar-refractivity contribution in [2.75, 3.05) is 33.9 Å². The van der Waals surface area contributed by atoms with Crippen LogP contribution in [0, 0.1) is 0 Å². The Hall–Kier alpha value is -1.72. The van der Waals surface area contributed by atoms with Gasteiger partial charge in [-0.1, -0.05) is 11.6 Å². The van der Waals surface area contributed by atoms with Crippen LogP contribution < -0.4 is 20.1 Å². The van der Waals surface area contributed by atoms with Crippen LogP contribution in [0.15, 0.2) is 29.8 Å². The van der Waals surface area contributed by atoms with Crippen molar-refractivity contribution >= 4 is 18.3 Å². The van der Waals surface area contributed by atoms with E-state index < -0.39 is 0 Å². The Morgan fingerprint density at radius 3 is 2.76 bits per heavy atom. The molecule has 2 N–H and O–H groups in total. The van der Waals surface area contributed by atoms with Gasteiger partial charge in [0.05, 0.1) is 19.8 Å². The van der Waals surface area contributed by atoms with Gasteiger partial charge in [0.25, 0.3) is 5.91 Å². The average molecular weight is 313 g/mol. The normalized spacial score (nSPS) is 13.7. The van der Waals surface area contributed by atoms with Gasteiger partial charge in [-0.05, 0) is 25.1 Å². The molecule has 0 radical (unpaired) electrons. The molecule has 1 amide bonds. The topological polar surface area (TPSA) is 59.6 Å². The SMILES string of the molecule is COc1ccc(C(=O)NCC2=CCNCC2)c(OC)c1.Cl. The van der Waals surface area contributed by atoms with E-state index >= 15 is 0 Å². The number of hydrogen-bond donors (Lipinski definition) is 2. The summed E-state index contributed by atoms with van der Waals surface area (Å²) in [5.74, 6) is 1.05. The molecular formula is C15H21ClN2O3. The van der Waals surface area contributed by atoms with Crippen LogP contribution in [-0.4, -0.2) is 39.8 Å². The molecule has 6 heteroatoms. The number of benzene rings is 1. The summed E-state index contributed by atoms with van der Waals surface area (Å²) in [6, 6.07) is 5.17. The Morgan fingerprint density at radius 2 is 2.14 bits per heavy atom. The lowest BCUT2D eigenvalue weighted by molar-refractivity contribution is 0.0953. The molecule has 21 heavy (non-hydrogen) atoms. The number of rotatable bonds is 5. The second kappa shape index (κ2) is 8.54. The number of carbonyl (C=O) groups excluding carboxylic acids is 1. The highest BCUT2D eigenvalue weighted by atomic mass is 35.5. The van der Waals surface area contributed by atoms with Gasteiger partial charge in [0, 0.05) is 19.2 Å². The van der Waals surface area contributed by atoms with Gasteiger partial charge in [0.1, 0.15) is 11.5 Å². The minimum Gasteiger partial charge on any atom is -0.497 e. The molecule has 0 atom stereocenters. The van der Waals surface area contributed by atoms with Crippen molar-refractivity contribution in [3.63, 3.8) is 0 Å². The number of halogens is 1. The zero-order valence-electron chi connectivity index (χ0n) is 12.3. The van der Waals surface area contributed by atoms with Crippen molar-refractivity contribution in [3.05, 3.63) is 35.4 Å². The summed E-state index contributed by atoms with van der Waals surface area (Å²) in [6.07, 6.45) is 3.09. The van der Waals surface area contributed by atoms with E-state index in [4.69, 9.17) is 9.47 Å². The Kier molecular flexibility index (Phi) is 7.05. The van der Waals surface area contributed by atoms with E-state index in [1.165, 1.54) is 5.57 Å². The van der Waals surface area contributed by atoms with Crippen LogP contribution in [0.1, 0.15) is 16.8 Å². The van der Waals surface area contributed by atoms with Crippen molar-refractivity contribution in [2.24, 2.45) is 0 Å². The van der Waals surface area contributed by atoms with Gasteiger partial charge in [-0.15, -0.1) is 12.4 Å². The zero-order chi connectivity index (χ0) is 14.4. The monoisotopic (exact) mass is 312 g/mol. The lowest BCUT2D eigenvalue weighted by Crippen LogP contribution is -2.29. The fourth-order valence-corrected chi connectivity index (χ4v) is 2.11. The number of ether oxygens (including phenoxy) is 2. The number of hydrogen-bond acceptors (Lipinski definition) is 4. The highest BCUT2D eigenvalue weighted by Gasteiger charge is 2.13. The second-order valence-corrected chi connectivity index (χ2v) is 4.57. The molecule has 1 aliphatic rings. The van der Waals surface area contributed by atoms with Crippen LogP contribution in [0.5, 0.6) is 11.5 Å². The summed E-state index contributed by atoms with van der Waals surface area (Å²) in [7, 11) is 3.12. The molecule has 116 valence electrons. The Morgan fingerprint density at radius 1 is 1.33 bits per heavy atom. The third-order valence-electron chi connectivity index (χ3n) is 3.29. The summed E-state index contributed by atoms with van der Waals surface area (Å²) in [6.45, 7) is 2.42. The van der Waals surface area contributed by atoms with E-state index in [-0.39, 0.29) is 18.3 Å². The average Bonchev–Trinajstić information content (AvgIpc) is 2.52. The molecule has 0 unspecified atom stereocenters. The summed E-state index contributed by atoms with van der Waals surface area (Å²) in [5, 5.41) is 6.17. The van der Waals surface area contributed by atoms with Crippen LogP contribution in [0.2, 0.25) is 0 Å². The first-order valence-electron chi connectivity index (χ1n) is 6.63. The Balaban J connectivity index is 0.00000220. The van der Waals surface area contributed by atoms with E-state index in [0.717, 1.165) is 19.5 Å². The van der Waals surface area contributed by atoms with Crippen LogP contribution in [0.25, 0.3) is 0 Å². The van der Waals surface area contributed by atoms with Crippen molar-refractivity contribution < 1.29 is 14.3 Å². The van der Waals surface area contributed by atoms with Gasteiger partial charge in [-0.25, -0.2) is 0 Å². The van der Waals surface area contributed by atoms with Crippen LogP contribution >= 0.6 is 12.4 Å². The maximum Gasteiger partial charge on any atom is 0.255 e. The van der Waals surface area contributed by atoms with Crippen LogP contribution in [0.4, 0.5) is 0 Å². The number of nitrogens with one attached hydrogen (secondary N) is 2. The van der Waals surface area contributed by atoms with Gasteiger partial charge in [0.2, 0.25) is 0 Å². The van der Waals surface area contributed by atoms with Crippen LogP contribution in [-0.2, 0) is 0 Å². The van der Waals surface area contributed by atoms with Gasteiger partial charge < -0.3 is 20.1 Å². The van der Waals surface area contributed by atoms with Crippen molar-refractivity contribution in [3.8, 4) is 11.5 Å². The smallest absolute Gasteiger partial charge is 0.255 e. The predicted molar refractivity (Wildman–Crippen MR) is 84.7 cm³/mol. The summed E-state index contributed by atoms with van der Waals surface area (Å²) in [5.41, 5.74) is 1.77. The molecule has 1 aliphatic heterocycles. The first kappa shape index (κ1) is 17.3. The van der Waals surface area contributed by atoms with Gasteiger partial charge in [0.15, 0.2) is 0 Å². The number of methoxy groups -OCH3 is 2. The quantitative estimate of drug-likeness (QED) is 0.814. The summed E-state index contributed by atoms with van der Waals surface area (Å²) >= 11 is 0. The van der Waals surface area contributed by atoms with Crippen molar-refractivity contribution in [1.82, 2.24) is 10.6 Å². The maximum atomic E-state index is 12.2. The van der Waals surface area contributed by atoms with E-state index in [9.17, 15) is 4.79 Å². The first-order chi connectivity index (χ1) is 9.74. The molecule has 0 fully saturated rings. The molecule has 0 aromatic heterocycles. The lowest BCUT2D eigenvalue weighted by Gasteiger charge is -2.15. The molecule has 1 aromatic carbocycles. The summed E-state index contributed by atoms with van der Waals surface area (Å²) < 4.78 is 10.4. The van der Waals surface area contributed by atoms with E-state index in [0.29, 0.717) is 23.6 Å². The maximum absolute atomic E-state index is 12.2. The van der Waals surface area contributed by atoms with Gasteiger partial charge >= 0.3 is 0 Å².